The Bertz CT molecular complexity index is 649. The molecular weight excluding hydrogens is 293 g/mol. The Kier molecular flexibility index (Phi) is 3.73. The van der Waals surface area contributed by atoms with Crippen molar-refractivity contribution >= 4 is 34.7 Å². The summed E-state index contributed by atoms with van der Waals surface area (Å²) in [6, 6.07) is 7.01. The molecule has 0 aliphatic rings. The average molecular weight is 300 g/mol. The molecule has 1 aromatic carbocycles. The third kappa shape index (κ3) is 3.04. The van der Waals surface area contributed by atoms with Crippen LogP contribution in [0.25, 0.3) is 0 Å². The van der Waals surface area contributed by atoms with Crippen molar-refractivity contribution in [3.63, 3.8) is 0 Å². The van der Waals surface area contributed by atoms with E-state index in [0.717, 1.165) is 0 Å². The lowest BCUT2D eigenvalue weighted by Crippen LogP contribution is -1.96. The van der Waals surface area contributed by atoms with E-state index in [1.54, 1.807) is 0 Å². The van der Waals surface area contributed by atoms with Gasteiger partial charge in [-0.3, -0.25) is 10.1 Å². The van der Waals surface area contributed by atoms with E-state index in [2.05, 4.69) is 4.98 Å². The number of ether oxygens (including phenoxy) is 1. The van der Waals surface area contributed by atoms with Crippen molar-refractivity contribution in [1.29, 1.82) is 0 Å². The average Bonchev–Trinajstić information content (AvgIpc) is 2.36. The quantitative estimate of drug-likeness (QED) is 0.689. The summed E-state index contributed by atoms with van der Waals surface area (Å²) in [7, 11) is 0. The third-order valence-electron chi connectivity index (χ3n) is 2.17. The van der Waals surface area contributed by atoms with E-state index in [-0.39, 0.29) is 33.2 Å². The summed E-state index contributed by atoms with van der Waals surface area (Å²) in [5.41, 5.74) is 5.43. The monoisotopic (exact) mass is 299 g/mol. The largest absolute Gasteiger partial charge is 0.437 e. The molecule has 0 amide bonds. The predicted octanol–water partition coefficient (Wildman–Crippen LogP) is 3.67. The van der Waals surface area contributed by atoms with E-state index >= 15 is 0 Å². The number of aromatic nitrogens is 1. The summed E-state index contributed by atoms with van der Waals surface area (Å²) >= 11 is 11.6. The van der Waals surface area contributed by atoms with Crippen molar-refractivity contribution in [2.24, 2.45) is 0 Å². The molecule has 6 nitrogen and oxygen atoms in total. The summed E-state index contributed by atoms with van der Waals surface area (Å²) < 4.78 is 5.35. The number of nitro benzene ring substituents is 1. The molecule has 0 radical (unpaired) electrons. The second-order valence-corrected chi connectivity index (χ2v) is 4.31. The van der Waals surface area contributed by atoms with Gasteiger partial charge in [-0.15, -0.1) is 0 Å². The lowest BCUT2D eigenvalue weighted by molar-refractivity contribution is -0.384. The van der Waals surface area contributed by atoms with Gasteiger partial charge >= 0.3 is 0 Å². The van der Waals surface area contributed by atoms with Gasteiger partial charge in [0.1, 0.15) is 16.6 Å². The number of anilines is 1. The summed E-state index contributed by atoms with van der Waals surface area (Å²) in [6.07, 6.45) is 0. The summed E-state index contributed by atoms with van der Waals surface area (Å²) in [5, 5.41) is 11.0. The molecule has 19 heavy (non-hydrogen) atoms. The minimum atomic E-state index is -0.530. The van der Waals surface area contributed by atoms with Crippen molar-refractivity contribution in [2.75, 3.05) is 5.73 Å². The van der Waals surface area contributed by atoms with Gasteiger partial charge < -0.3 is 10.5 Å². The number of nitrogens with two attached hydrogens (primary N) is 1. The molecule has 1 heterocycles. The van der Waals surface area contributed by atoms with Gasteiger partial charge in [0.15, 0.2) is 0 Å². The van der Waals surface area contributed by atoms with Crippen LogP contribution in [0.5, 0.6) is 11.6 Å². The van der Waals surface area contributed by atoms with Crippen LogP contribution in [-0.4, -0.2) is 9.91 Å². The Balaban J connectivity index is 2.33. The number of hydrogen-bond acceptors (Lipinski definition) is 5. The maximum Gasteiger partial charge on any atom is 0.273 e. The maximum atomic E-state index is 10.6. The normalized spacial score (nSPS) is 10.2. The van der Waals surface area contributed by atoms with Crippen LogP contribution >= 0.6 is 23.2 Å². The minimum absolute atomic E-state index is 0.0315. The SMILES string of the molecule is Nc1nc(Oc2cccc([N+](=O)[O-])c2)c(Cl)cc1Cl. The van der Waals surface area contributed by atoms with Crippen molar-refractivity contribution in [3.8, 4) is 11.6 Å². The Labute approximate surface area is 117 Å². The first-order valence-corrected chi connectivity index (χ1v) is 5.77. The molecule has 0 saturated heterocycles. The zero-order valence-electron chi connectivity index (χ0n) is 9.34. The molecule has 0 spiro atoms. The standard InChI is InChI=1S/C11H7Cl2N3O3/c12-8-5-9(13)11(15-10(8)14)19-7-3-1-2-6(4-7)16(17)18/h1-5H,(H2,14,15). The van der Waals surface area contributed by atoms with Crippen LogP contribution in [0.15, 0.2) is 30.3 Å². The third-order valence-corrected chi connectivity index (χ3v) is 2.74. The fourth-order valence-corrected chi connectivity index (χ4v) is 1.70. The zero-order valence-corrected chi connectivity index (χ0v) is 10.9. The highest BCUT2D eigenvalue weighted by Gasteiger charge is 2.12. The fraction of sp³-hybridized carbons (Fsp3) is 0. The number of nitrogens with zero attached hydrogens (tertiary/aromatic N) is 2. The molecule has 1 aromatic heterocycles. The van der Waals surface area contributed by atoms with E-state index in [4.69, 9.17) is 33.7 Å². The van der Waals surface area contributed by atoms with Crippen LogP contribution in [0.1, 0.15) is 0 Å². The van der Waals surface area contributed by atoms with E-state index in [0.29, 0.717) is 0 Å². The second kappa shape index (κ2) is 5.29. The molecule has 0 aliphatic carbocycles. The number of rotatable bonds is 3. The van der Waals surface area contributed by atoms with Gasteiger partial charge in [0, 0.05) is 6.07 Å². The van der Waals surface area contributed by atoms with Crippen LogP contribution in [0.3, 0.4) is 0 Å². The fourth-order valence-electron chi connectivity index (χ4n) is 1.31. The topological polar surface area (TPSA) is 91.3 Å². The van der Waals surface area contributed by atoms with Gasteiger partial charge in [-0.1, -0.05) is 29.3 Å². The van der Waals surface area contributed by atoms with Crippen molar-refractivity contribution < 1.29 is 9.66 Å². The lowest BCUT2D eigenvalue weighted by Gasteiger charge is -2.07. The van der Waals surface area contributed by atoms with Crippen LogP contribution in [0.2, 0.25) is 10.0 Å². The lowest BCUT2D eigenvalue weighted by atomic mass is 10.3. The van der Waals surface area contributed by atoms with E-state index in [1.165, 1.54) is 30.3 Å². The number of halogens is 2. The highest BCUT2D eigenvalue weighted by molar-refractivity contribution is 6.36. The molecule has 0 fully saturated rings. The predicted molar refractivity (Wildman–Crippen MR) is 71.8 cm³/mol. The Morgan fingerprint density at radius 3 is 2.68 bits per heavy atom. The molecular formula is C11H7Cl2N3O3. The van der Waals surface area contributed by atoms with E-state index in [1.807, 2.05) is 0 Å². The van der Waals surface area contributed by atoms with Crippen molar-refractivity contribution in [2.45, 2.75) is 0 Å². The highest BCUT2D eigenvalue weighted by Crippen LogP contribution is 2.33. The minimum Gasteiger partial charge on any atom is -0.437 e. The molecule has 8 heteroatoms. The Hall–Kier alpha value is -2.05. The summed E-state index contributed by atoms with van der Waals surface area (Å²) in [4.78, 5) is 14.0. The van der Waals surface area contributed by atoms with Crippen molar-refractivity contribution in [3.05, 3.63) is 50.5 Å². The summed E-state index contributed by atoms with van der Waals surface area (Å²) in [6.45, 7) is 0. The first-order valence-electron chi connectivity index (χ1n) is 5.01. The Morgan fingerprint density at radius 1 is 1.26 bits per heavy atom. The van der Waals surface area contributed by atoms with Crippen LogP contribution in [0.4, 0.5) is 11.5 Å². The first-order chi connectivity index (χ1) is 8.97. The maximum absolute atomic E-state index is 10.6. The molecule has 0 atom stereocenters. The number of hydrogen-bond donors (Lipinski definition) is 1. The van der Waals surface area contributed by atoms with E-state index in [9.17, 15) is 10.1 Å². The van der Waals surface area contributed by atoms with Gasteiger partial charge in [0.25, 0.3) is 5.69 Å². The van der Waals surface area contributed by atoms with Gasteiger partial charge in [-0.2, -0.15) is 4.98 Å². The van der Waals surface area contributed by atoms with Crippen LogP contribution < -0.4 is 10.5 Å². The molecule has 2 N–H and O–H groups in total. The van der Waals surface area contributed by atoms with Gasteiger partial charge in [-0.25, -0.2) is 0 Å². The molecule has 2 aromatic rings. The Morgan fingerprint density at radius 2 is 2.00 bits per heavy atom. The molecule has 0 aliphatic heterocycles. The van der Waals surface area contributed by atoms with Gasteiger partial charge in [-0.05, 0) is 12.1 Å². The first kappa shape index (κ1) is 13.4. The highest BCUT2D eigenvalue weighted by atomic mass is 35.5. The number of non-ortho nitro benzene ring substituents is 1. The van der Waals surface area contributed by atoms with E-state index < -0.39 is 4.92 Å². The van der Waals surface area contributed by atoms with Crippen molar-refractivity contribution in [1.82, 2.24) is 4.98 Å². The second-order valence-electron chi connectivity index (χ2n) is 3.50. The van der Waals surface area contributed by atoms with Gasteiger partial charge in [0.2, 0.25) is 5.88 Å². The van der Waals surface area contributed by atoms with Crippen LogP contribution in [-0.2, 0) is 0 Å². The number of nitro groups is 1. The number of nitrogen functional groups attached to an aromatic ring is 1. The van der Waals surface area contributed by atoms with Crippen LogP contribution in [0, 0.1) is 10.1 Å². The molecule has 98 valence electrons. The molecule has 2 rings (SSSR count). The number of pyridine rings is 1. The molecule has 0 unspecified atom stereocenters. The molecule has 0 saturated carbocycles. The zero-order chi connectivity index (χ0) is 14.0. The molecule has 0 bridgehead atoms. The summed E-state index contributed by atoms with van der Waals surface area (Å²) in [5.74, 6) is 0.320. The smallest absolute Gasteiger partial charge is 0.273 e. The van der Waals surface area contributed by atoms with Gasteiger partial charge in [0.05, 0.1) is 16.0 Å². The number of benzene rings is 1.